The molecule has 0 saturated carbocycles. The molecule has 5 heteroatoms. The summed E-state index contributed by atoms with van der Waals surface area (Å²) in [6.07, 6.45) is 1.41. The molecular weight excluding hydrogens is 252 g/mol. The number of nitrogens with zero attached hydrogens (tertiary/aromatic N) is 1. The third-order valence-corrected chi connectivity index (χ3v) is 3.30. The molecule has 1 amide bonds. The van der Waals surface area contributed by atoms with Crippen LogP contribution in [0.25, 0.3) is 0 Å². The number of nitrogens with two attached hydrogens (primary N) is 1. The summed E-state index contributed by atoms with van der Waals surface area (Å²) in [5.41, 5.74) is 9.46. The van der Waals surface area contributed by atoms with Crippen LogP contribution in [0.4, 0.5) is 5.69 Å². The number of benzene rings is 1. The minimum Gasteiger partial charge on any atom is -0.322 e. The second-order valence-electron chi connectivity index (χ2n) is 4.93. The molecule has 0 aliphatic carbocycles. The second-order valence-corrected chi connectivity index (χ2v) is 4.93. The van der Waals surface area contributed by atoms with E-state index in [1.165, 1.54) is 5.56 Å². The number of H-pyrrole nitrogens is 1. The Bertz CT molecular complexity index is 557. The third-order valence-electron chi connectivity index (χ3n) is 3.30. The first kappa shape index (κ1) is 14.3. The number of anilines is 1. The lowest BCUT2D eigenvalue weighted by molar-refractivity contribution is -0.117. The van der Waals surface area contributed by atoms with Crippen LogP contribution in [-0.2, 0) is 11.2 Å². The van der Waals surface area contributed by atoms with Crippen LogP contribution in [0.5, 0.6) is 0 Å². The maximum Gasteiger partial charge on any atom is 0.241 e. The van der Waals surface area contributed by atoms with Crippen LogP contribution in [0.3, 0.4) is 0 Å². The summed E-state index contributed by atoms with van der Waals surface area (Å²) < 4.78 is 0. The lowest BCUT2D eigenvalue weighted by Crippen LogP contribution is -2.36. The fraction of sp³-hybridized carbons (Fsp3) is 0.333. The number of rotatable bonds is 5. The van der Waals surface area contributed by atoms with Gasteiger partial charge in [-0.05, 0) is 32.3 Å². The summed E-state index contributed by atoms with van der Waals surface area (Å²) in [6, 6.07) is 9.49. The smallest absolute Gasteiger partial charge is 0.241 e. The highest BCUT2D eigenvalue weighted by atomic mass is 16.2. The van der Waals surface area contributed by atoms with Gasteiger partial charge in [-0.15, -0.1) is 0 Å². The molecule has 1 aromatic heterocycles. The number of aryl methyl sites for hydroxylation is 3. The zero-order valence-electron chi connectivity index (χ0n) is 11.8. The van der Waals surface area contributed by atoms with E-state index in [9.17, 15) is 4.79 Å². The van der Waals surface area contributed by atoms with Gasteiger partial charge in [0.2, 0.25) is 5.91 Å². The molecule has 1 heterocycles. The third kappa shape index (κ3) is 3.45. The summed E-state index contributed by atoms with van der Waals surface area (Å²) in [4.78, 5) is 12.1. The zero-order valence-corrected chi connectivity index (χ0v) is 11.8. The predicted octanol–water partition coefficient (Wildman–Crippen LogP) is 1.93. The number of carbonyl (C=O) groups is 1. The molecule has 2 rings (SSSR count). The molecule has 2 aromatic rings. The Labute approximate surface area is 118 Å². The van der Waals surface area contributed by atoms with E-state index in [2.05, 4.69) is 15.5 Å². The van der Waals surface area contributed by atoms with Crippen molar-refractivity contribution in [2.45, 2.75) is 32.7 Å². The van der Waals surface area contributed by atoms with Gasteiger partial charge in [-0.25, -0.2) is 0 Å². The molecule has 0 radical (unpaired) electrons. The highest BCUT2D eigenvalue weighted by Gasteiger charge is 2.16. The van der Waals surface area contributed by atoms with Crippen LogP contribution in [-0.4, -0.2) is 22.1 Å². The molecule has 1 aromatic carbocycles. The summed E-state index contributed by atoms with van der Waals surface area (Å²) in [6.45, 7) is 3.71. The van der Waals surface area contributed by atoms with Gasteiger partial charge in [0.15, 0.2) is 0 Å². The van der Waals surface area contributed by atoms with Crippen LogP contribution in [0.15, 0.2) is 30.3 Å². The van der Waals surface area contributed by atoms with Gasteiger partial charge in [-0.3, -0.25) is 9.89 Å². The standard InChI is InChI=1S/C15H20N4O/c1-10-14(11(2)19-18-10)17-15(20)13(16)9-8-12-6-4-3-5-7-12/h3-7,13H,8-9,16H2,1-2H3,(H,17,20)(H,18,19). The first-order valence-electron chi connectivity index (χ1n) is 6.70. The number of aromatic amines is 1. The van der Waals surface area contributed by atoms with E-state index in [0.717, 1.165) is 23.5 Å². The van der Waals surface area contributed by atoms with E-state index in [-0.39, 0.29) is 5.91 Å². The lowest BCUT2D eigenvalue weighted by atomic mass is 10.1. The van der Waals surface area contributed by atoms with Crippen molar-refractivity contribution in [3.8, 4) is 0 Å². The van der Waals surface area contributed by atoms with Crippen molar-refractivity contribution in [3.63, 3.8) is 0 Å². The lowest BCUT2D eigenvalue weighted by Gasteiger charge is -2.12. The van der Waals surface area contributed by atoms with Crippen molar-refractivity contribution in [1.82, 2.24) is 10.2 Å². The van der Waals surface area contributed by atoms with Gasteiger partial charge in [0, 0.05) is 0 Å². The number of hydrogen-bond donors (Lipinski definition) is 3. The second kappa shape index (κ2) is 6.34. The van der Waals surface area contributed by atoms with Crippen molar-refractivity contribution in [2.24, 2.45) is 5.73 Å². The number of carbonyl (C=O) groups excluding carboxylic acids is 1. The van der Waals surface area contributed by atoms with Crippen LogP contribution in [0.1, 0.15) is 23.4 Å². The van der Waals surface area contributed by atoms with Crippen molar-refractivity contribution >= 4 is 11.6 Å². The molecule has 0 fully saturated rings. The number of aromatic nitrogens is 2. The van der Waals surface area contributed by atoms with Gasteiger partial charge in [0.25, 0.3) is 0 Å². The molecule has 1 unspecified atom stereocenters. The van der Waals surface area contributed by atoms with Crippen molar-refractivity contribution in [3.05, 3.63) is 47.3 Å². The highest BCUT2D eigenvalue weighted by molar-refractivity contribution is 5.95. The number of nitrogens with one attached hydrogen (secondary N) is 2. The Kier molecular flexibility index (Phi) is 4.53. The van der Waals surface area contributed by atoms with Crippen LogP contribution in [0, 0.1) is 13.8 Å². The summed E-state index contributed by atoms with van der Waals surface area (Å²) in [5.74, 6) is -0.173. The van der Waals surface area contributed by atoms with E-state index in [1.807, 2.05) is 44.2 Å². The molecule has 5 nitrogen and oxygen atoms in total. The van der Waals surface area contributed by atoms with Gasteiger partial charge < -0.3 is 11.1 Å². The van der Waals surface area contributed by atoms with Gasteiger partial charge in [-0.2, -0.15) is 5.10 Å². The highest BCUT2D eigenvalue weighted by Crippen LogP contribution is 2.16. The van der Waals surface area contributed by atoms with E-state index in [4.69, 9.17) is 5.73 Å². The largest absolute Gasteiger partial charge is 0.322 e. The number of hydrogen-bond acceptors (Lipinski definition) is 3. The minimum atomic E-state index is -0.524. The van der Waals surface area contributed by atoms with Gasteiger partial charge in [0.1, 0.15) is 0 Å². The molecule has 1 atom stereocenters. The van der Waals surface area contributed by atoms with Gasteiger partial charge in [0.05, 0.1) is 23.1 Å². The molecule has 20 heavy (non-hydrogen) atoms. The maximum absolute atomic E-state index is 12.1. The molecule has 0 spiro atoms. The van der Waals surface area contributed by atoms with Crippen molar-refractivity contribution in [1.29, 1.82) is 0 Å². The van der Waals surface area contributed by atoms with E-state index >= 15 is 0 Å². The molecule has 0 bridgehead atoms. The van der Waals surface area contributed by atoms with E-state index < -0.39 is 6.04 Å². The Morgan fingerprint density at radius 2 is 2.05 bits per heavy atom. The monoisotopic (exact) mass is 272 g/mol. The van der Waals surface area contributed by atoms with Gasteiger partial charge in [-0.1, -0.05) is 30.3 Å². The molecule has 106 valence electrons. The van der Waals surface area contributed by atoms with Crippen LogP contribution < -0.4 is 11.1 Å². The predicted molar refractivity (Wildman–Crippen MR) is 79.4 cm³/mol. The average Bonchev–Trinajstić information content (AvgIpc) is 2.77. The quantitative estimate of drug-likeness (QED) is 0.777. The Morgan fingerprint density at radius 1 is 1.35 bits per heavy atom. The fourth-order valence-electron chi connectivity index (χ4n) is 2.05. The van der Waals surface area contributed by atoms with Crippen molar-refractivity contribution in [2.75, 3.05) is 5.32 Å². The van der Waals surface area contributed by atoms with E-state index in [0.29, 0.717) is 6.42 Å². The Balaban J connectivity index is 1.89. The molecule has 0 aliphatic rings. The summed E-state index contributed by atoms with van der Waals surface area (Å²) in [5, 5.41) is 9.71. The minimum absolute atomic E-state index is 0.173. The van der Waals surface area contributed by atoms with Gasteiger partial charge >= 0.3 is 0 Å². The van der Waals surface area contributed by atoms with Crippen molar-refractivity contribution < 1.29 is 4.79 Å². The molecule has 4 N–H and O–H groups in total. The first-order valence-corrected chi connectivity index (χ1v) is 6.70. The topological polar surface area (TPSA) is 83.8 Å². The number of amides is 1. The normalized spacial score (nSPS) is 12.2. The molecule has 0 saturated heterocycles. The molecular formula is C15H20N4O. The van der Waals surface area contributed by atoms with E-state index in [1.54, 1.807) is 0 Å². The Hall–Kier alpha value is -2.14. The average molecular weight is 272 g/mol. The Morgan fingerprint density at radius 3 is 2.65 bits per heavy atom. The van der Waals surface area contributed by atoms with Crippen LogP contribution in [0.2, 0.25) is 0 Å². The maximum atomic E-state index is 12.1. The van der Waals surface area contributed by atoms with Crippen LogP contribution >= 0.6 is 0 Å². The zero-order chi connectivity index (χ0) is 14.5. The fourth-order valence-corrected chi connectivity index (χ4v) is 2.05. The molecule has 0 aliphatic heterocycles. The first-order chi connectivity index (χ1) is 9.58. The summed E-state index contributed by atoms with van der Waals surface area (Å²) >= 11 is 0. The summed E-state index contributed by atoms with van der Waals surface area (Å²) in [7, 11) is 0. The SMILES string of the molecule is Cc1n[nH]c(C)c1NC(=O)C(N)CCc1ccccc1.